The van der Waals surface area contributed by atoms with Gasteiger partial charge in [0.25, 0.3) is 5.69 Å². The van der Waals surface area contributed by atoms with E-state index in [0.29, 0.717) is 43.5 Å². The van der Waals surface area contributed by atoms with Gasteiger partial charge in [-0.25, -0.2) is 0 Å². The molecule has 92 valence electrons. The molecule has 1 aliphatic heterocycles. The Bertz CT molecular complexity index is 436. The van der Waals surface area contributed by atoms with Crippen molar-refractivity contribution in [3.63, 3.8) is 0 Å². The highest BCUT2D eigenvalue weighted by Gasteiger charge is 2.21. The summed E-state index contributed by atoms with van der Waals surface area (Å²) in [6.45, 7) is 1.70. The summed E-state index contributed by atoms with van der Waals surface area (Å²) in [4.78, 5) is 10.4. The number of ether oxygens (including phenoxy) is 2. The minimum atomic E-state index is -0.461. The second-order valence-electron chi connectivity index (χ2n) is 3.49. The van der Waals surface area contributed by atoms with E-state index in [-0.39, 0.29) is 5.69 Å². The number of nitro groups is 1. The summed E-state index contributed by atoms with van der Waals surface area (Å²) in [5.74, 6) is 0.919. The summed E-state index contributed by atoms with van der Waals surface area (Å²) in [7, 11) is 0. The second kappa shape index (κ2) is 4.88. The fourth-order valence-electron chi connectivity index (χ4n) is 1.58. The van der Waals surface area contributed by atoms with E-state index in [1.165, 1.54) is 6.07 Å². The summed E-state index contributed by atoms with van der Waals surface area (Å²) >= 11 is 0. The van der Waals surface area contributed by atoms with Crippen LogP contribution in [0, 0.1) is 10.1 Å². The van der Waals surface area contributed by atoms with Crippen LogP contribution in [-0.2, 0) is 0 Å². The van der Waals surface area contributed by atoms with Crippen molar-refractivity contribution in [1.29, 1.82) is 0 Å². The summed E-state index contributed by atoms with van der Waals surface area (Å²) in [6.07, 6.45) is 0. The van der Waals surface area contributed by atoms with Gasteiger partial charge in [0.2, 0.25) is 0 Å². The van der Waals surface area contributed by atoms with Gasteiger partial charge in [0.05, 0.1) is 11.0 Å². The number of anilines is 1. The Morgan fingerprint density at radius 2 is 2.00 bits per heavy atom. The van der Waals surface area contributed by atoms with Gasteiger partial charge in [0.1, 0.15) is 18.9 Å². The molecule has 2 rings (SSSR count). The standard InChI is InChI=1S/C10H13N3O4/c11-1-2-12-7-5-9-10(17-4-3-16-9)6-8(7)13(14)15/h5-6,12H,1-4,11H2. The van der Waals surface area contributed by atoms with E-state index in [9.17, 15) is 10.1 Å². The summed E-state index contributed by atoms with van der Waals surface area (Å²) in [6, 6.07) is 2.94. The maximum absolute atomic E-state index is 10.9. The van der Waals surface area contributed by atoms with Gasteiger partial charge < -0.3 is 20.5 Å². The van der Waals surface area contributed by atoms with Crippen LogP contribution in [0.3, 0.4) is 0 Å². The molecule has 1 aromatic carbocycles. The third-order valence-corrected chi connectivity index (χ3v) is 2.32. The third-order valence-electron chi connectivity index (χ3n) is 2.32. The summed E-state index contributed by atoms with van der Waals surface area (Å²) in [5.41, 5.74) is 5.71. The van der Waals surface area contributed by atoms with Crippen LogP contribution in [0.25, 0.3) is 0 Å². The normalized spacial score (nSPS) is 13.2. The number of hydrogen-bond donors (Lipinski definition) is 2. The van der Waals surface area contributed by atoms with Crippen LogP contribution in [0.15, 0.2) is 12.1 Å². The highest BCUT2D eigenvalue weighted by atomic mass is 16.6. The molecule has 7 nitrogen and oxygen atoms in total. The zero-order valence-electron chi connectivity index (χ0n) is 9.14. The molecule has 17 heavy (non-hydrogen) atoms. The Labute approximate surface area is 97.7 Å². The first-order valence-electron chi connectivity index (χ1n) is 5.24. The lowest BCUT2D eigenvalue weighted by molar-refractivity contribution is -0.384. The minimum Gasteiger partial charge on any atom is -0.486 e. The molecule has 0 aromatic heterocycles. The quantitative estimate of drug-likeness (QED) is 0.593. The van der Waals surface area contributed by atoms with Crippen molar-refractivity contribution in [3.05, 3.63) is 22.2 Å². The van der Waals surface area contributed by atoms with Crippen molar-refractivity contribution in [1.82, 2.24) is 0 Å². The molecular weight excluding hydrogens is 226 g/mol. The Hall–Kier alpha value is -2.02. The highest BCUT2D eigenvalue weighted by Crippen LogP contribution is 2.39. The van der Waals surface area contributed by atoms with E-state index in [4.69, 9.17) is 15.2 Å². The van der Waals surface area contributed by atoms with Crippen LogP contribution < -0.4 is 20.5 Å². The lowest BCUT2D eigenvalue weighted by Crippen LogP contribution is -2.17. The average molecular weight is 239 g/mol. The third kappa shape index (κ3) is 2.39. The minimum absolute atomic E-state index is 0.0392. The molecule has 0 atom stereocenters. The fourth-order valence-corrected chi connectivity index (χ4v) is 1.58. The Kier molecular flexibility index (Phi) is 3.29. The smallest absolute Gasteiger partial charge is 0.296 e. The SMILES string of the molecule is NCCNc1cc2c(cc1[N+](=O)[O-])OCCO2. The molecule has 7 heteroatoms. The number of nitrogens with two attached hydrogens (primary N) is 1. The molecule has 0 fully saturated rings. The number of benzene rings is 1. The predicted molar refractivity (Wildman–Crippen MR) is 61.6 cm³/mol. The van der Waals surface area contributed by atoms with Gasteiger partial charge >= 0.3 is 0 Å². The van der Waals surface area contributed by atoms with Crippen molar-refractivity contribution in [2.45, 2.75) is 0 Å². The van der Waals surface area contributed by atoms with E-state index >= 15 is 0 Å². The predicted octanol–water partition coefficient (Wildman–Crippen LogP) is 0.737. The molecule has 0 radical (unpaired) electrons. The van der Waals surface area contributed by atoms with Crippen LogP contribution in [0.5, 0.6) is 11.5 Å². The van der Waals surface area contributed by atoms with E-state index in [0.717, 1.165) is 0 Å². The Balaban J connectivity index is 2.37. The van der Waals surface area contributed by atoms with Gasteiger partial charge in [-0.3, -0.25) is 10.1 Å². The monoisotopic (exact) mass is 239 g/mol. The topological polar surface area (TPSA) is 99.7 Å². The molecule has 0 amide bonds. The van der Waals surface area contributed by atoms with Crippen molar-refractivity contribution in [2.24, 2.45) is 5.73 Å². The molecule has 0 saturated carbocycles. The lowest BCUT2D eigenvalue weighted by Gasteiger charge is -2.19. The molecule has 0 spiro atoms. The second-order valence-corrected chi connectivity index (χ2v) is 3.49. The number of rotatable bonds is 4. The van der Waals surface area contributed by atoms with Crippen molar-refractivity contribution >= 4 is 11.4 Å². The van der Waals surface area contributed by atoms with E-state index < -0.39 is 4.92 Å². The van der Waals surface area contributed by atoms with Crippen molar-refractivity contribution < 1.29 is 14.4 Å². The van der Waals surface area contributed by atoms with E-state index in [1.54, 1.807) is 6.07 Å². The fraction of sp³-hybridized carbons (Fsp3) is 0.400. The number of nitrogens with one attached hydrogen (secondary N) is 1. The number of nitrogens with zero attached hydrogens (tertiary/aromatic N) is 1. The maximum atomic E-state index is 10.9. The zero-order valence-corrected chi connectivity index (χ0v) is 9.14. The van der Waals surface area contributed by atoms with Gasteiger partial charge in [-0.2, -0.15) is 0 Å². The number of nitro benzene ring substituents is 1. The molecule has 3 N–H and O–H groups in total. The maximum Gasteiger partial charge on any atom is 0.296 e. The van der Waals surface area contributed by atoms with Crippen LogP contribution in [-0.4, -0.2) is 31.2 Å². The number of fused-ring (bicyclic) bond motifs is 1. The van der Waals surface area contributed by atoms with Gasteiger partial charge in [-0.05, 0) is 0 Å². The number of hydrogen-bond acceptors (Lipinski definition) is 6. The molecule has 1 aromatic rings. The average Bonchev–Trinajstić information content (AvgIpc) is 2.35. The van der Waals surface area contributed by atoms with Crippen LogP contribution in [0.1, 0.15) is 0 Å². The molecule has 0 unspecified atom stereocenters. The van der Waals surface area contributed by atoms with Crippen molar-refractivity contribution in [3.8, 4) is 11.5 Å². The zero-order chi connectivity index (χ0) is 12.3. The van der Waals surface area contributed by atoms with Gasteiger partial charge in [0, 0.05) is 19.2 Å². The lowest BCUT2D eigenvalue weighted by atomic mass is 10.2. The van der Waals surface area contributed by atoms with Crippen LogP contribution in [0.2, 0.25) is 0 Å². The Morgan fingerprint density at radius 3 is 2.59 bits per heavy atom. The van der Waals surface area contributed by atoms with Gasteiger partial charge in [0.15, 0.2) is 11.5 Å². The van der Waals surface area contributed by atoms with E-state index in [2.05, 4.69) is 5.32 Å². The first-order chi connectivity index (χ1) is 8.22. The van der Waals surface area contributed by atoms with E-state index in [1.807, 2.05) is 0 Å². The molecular formula is C10H13N3O4. The Morgan fingerprint density at radius 1 is 1.35 bits per heavy atom. The first kappa shape index (κ1) is 11.5. The summed E-state index contributed by atoms with van der Waals surface area (Å²) in [5, 5.41) is 13.8. The molecule has 1 aliphatic rings. The van der Waals surface area contributed by atoms with Crippen LogP contribution >= 0.6 is 0 Å². The largest absolute Gasteiger partial charge is 0.486 e. The molecule has 0 saturated heterocycles. The van der Waals surface area contributed by atoms with Crippen molar-refractivity contribution in [2.75, 3.05) is 31.6 Å². The molecule has 1 heterocycles. The molecule has 0 bridgehead atoms. The first-order valence-corrected chi connectivity index (χ1v) is 5.24. The molecule has 0 aliphatic carbocycles. The summed E-state index contributed by atoms with van der Waals surface area (Å²) < 4.78 is 10.7. The van der Waals surface area contributed by atoms with Gasteiger partial charge in [-0.15, -0.1) is 0 Å². The van der Waals surface area contributed by atoms with Crippen LogP contribution in [0.4, 0.5) is 11.4 Å². The highest BCUT2D eigenvalue weighted by molar-refractivity contribution is 5.68. The van der Waals surface area contributed by atoms with Gasteiger partial charge in [-0.1, -0.05) is 0 Å².